The maximum atomic E-state index is 11.2. The molecule has 0 aliphatic rings. The van der Waals surface area contributed by atoms with Gasteiger partial charge in [0, 0.05) is 0 Å². The van der Waals surface area contributed by atoms with Crippen molar-refractivity contribution in [1.29, 1.82) is 0 Å². The van der Waals surface area contributed by atoms with Gasteiger partial charge in [-0.15, -0.1) is 4.83 Å². The van der Waals surface area contributed by atoms with E-state index in [2.05, 4.69) is 0 Å². The average Bonchev–Trinajstić information content (AvgIpc) is 2.17. The lowest BCUT2D eigenvalue weighted by atomic mass is 10.2. The second kappa shape index (κ2) is 3.85. The molecule has 0 saturated carbocycles. The van der Waals surface area contributed by atoms with Crippen LogP contribution in [0.15, 0.2) is 23.1 Å². The maximum Gasteiger partial charge on any atom is 0.335 e. The summed E-state index contributed by atoms with van der Waals surface area (Å²) < 4.78 is 22.4. The largest absolute Gasteiger partial charge is 0.507 e. The summed E-state index contributed by atoms with van der Waals surface area (Å²) in [6.07, 6.45) is 0. The number of hydrazine groups is 1. The smallest absolute Gasteiger partial charge is 0.335 e. The van der Waals surface area contributed by atoms with Gasteiger partial charge in [-0.3, -0.25) is 5.84 Å². The van der Waals surface area contributed by atoms with E-state index in [9.17, 15) is 18.3 Å². The summed E-state index contributed by atoms with van der Waals surface area (Å²) in [5, 5.41) is 17.8. The van der Waals surface area contributed by atoms with E-state index in [1.165, 1.54) is 4.83 Å². The summed E-state index contributed by atoms with van der Waals surface area (Å²) in [6.45, 7) is 0. The van der Waals surface area contributed by atoms with Crippen LogP contribution in [0.1, 0.15) is 10.4 Å². The van der Waals surface area contributed by atoms with Crippen molar-refractivity contribution < 1.29 is 23.4 Å². The zero-order valence-corrected chi connectivity index (χ0v) is 8.15. The maximum absolute atomic E-state index is 11.2. The van der Waals surface area contributed by atoms with E-state index in [1.54, 1.807) is 0 Å². The van der Waals surface area contributed by atoms with Gasteiger partial charge in [0.25, 0.3) is 10.0 Å². The van der Waals surface area contributed by atoms with E-state index in [1.807, 2.05) is 0 Å². The highest BCUT2D eigenvalue weighted by molar-refractivity contribution is 7.89. The first kappa shape index (κ1) is 11.4. The molecular weight excluding hydrogens is 224 g/mol. The lowest BCUT2D eigenvalue weighted by Crippen LogP contribution is -2.30. The Balaban J connectivity index is 3.42. The van der Waals surface area contributed by atoms with E-state index >= 15 is 0 Å². The van der Waals surface area contributed by atoms with E-state index in [4.69, 9.17) is 10.9 Å². The summed E-state index contributed by atoms with van der Waals surface area (Å²) in [7, 11) is -4.07. The number of aromatic carboxylic acids is 1. The van der Waals surface area contributed by atoms with Gasteiger partial charge in [0.05, 0.1) is 5.56 Å². The Kier molecular flexibility index (Phi) is 2.93. The quantitative estimate of drug-likeness (QED) is 0.400. The number of carboxylic acid groups (broad SMARTS) is 1. The van der Waals surface area contributed by atoms with Crippen LogP contribution in [0, 0.1) is 0 Å². The number of hydrogen-bond donors (Lipinski definition) is 4. The number of phenols is 1. The number of carboxylic acids is 1. The predicted octanol–water partition coefficient (Wildman–Crippen LogP) is -0.758. The number of carbonyl (C=O) groups is 1. The van der Waals surface area contributed by atoms with E-state index in [0.717, 1.165) is 18.2 Å². The zero-order valence-electron chi connectivity index (χ0n) is 7.34. The molecule has 0 atom stereocenters. The first-order chi connectivity index (χ1) is 6.88. The van der Waals surface area contributed by atoms with Crippen LogP contribution in [0.25, 0.3) is 0 Å². The Morgan fingerprint density at radius 2 is 2.00 bits per heavy atom. The number of phenolic OH excluding ortho intramolecular Hbond substituents is 1. The molecule has 0 unspecified atom stereocenters. The summed E-state index contributed by atoms with van der Waals surface area (Å²) in [5.41, 5.74) is -0.262. The number of aromatic hydroxyl groups is 1. The second-order valence-corrected chi connectivity index (χ2v) is 4.29. The van der Waals surface area contributed by atoms with Crippen molar-refractivity contribution in [3.63, 3.8) is 0 Å². The lowest BCUT2D eigenvalue weighted by molar-refractivity contribution is 0.0696. The van der Waals surface area contributed by atoms with Crippen molar-refractivity contribution in [2.24, 2.45) is 5.84 Å². The molecule has 1 aromatic rings. The van der Waals surface area contributed by atoms with Crippen LogP contribution >= 0.6 is 0 Å². The van der Waals surface area contributed by atoms with Crippen LogP contribution in [-0.4, -0.2) is 24.6 Å². The molecule has 0 amide bonds. The highest BCUT2D eigenvalue weighted by Crippen LogP contribution is 2.22. The molecule has 0 heterocycles. The van der Waals surface area contributed by atoms with Crippen molar-refractivity contribution in [3.05, 3.63) is 23.8 Å². The number of nitrogens with one attached hydrogen (secondary N) is 1. The van der Waals surface area contributed by atoms with Gasteiger partial charge >= 0.3 is 5.97 Å². The zero-order chi connectivity index (χ0) is 11.6. The van der Waals surface area contributed by atoms with Crippen molar-refractivity contribution in [2.45, 2.75) is 4.90 Å². The fraction of sp³-hybridized carbons (Fsp3) is 0. The topological polar surface area (TPSA) is 130 Å². The fourth-order valence-corrected chi connectivity index (χ4v) is 1.68. The lowest BCUT2D eigenvalue weighted by Gasteiger charge is -2.05. The first-order valence-corrected chi connectivity index (χ1v) is 5.15. The number of sulfonamides is 1. The third-order valence-electron chi connectivity index (χ3n) is 1.65. The summed E-state index contributed by atoms with van der Waals surface area (Å²) in [4.78, 5) is 11.5. The molecule has 0 spiro atoms. The van der Waals surface area contributed by atoms with Crippen LogP contribution in [0.2, 0.25) is 0 Å². The van der Waals surface area contributed by atoms with Crippen molar-refractivity contribution in [1.82, 2.24) is 4.83 Å². The normalized spacial score (nSPS) is 11.3. The van der Waals surface area contributed by atoms with Gasteiger partial charge in [-0.05, 0) is 18.2 Å². The predicted molar refractivity (Wildman–Crippen MR) is 49.6 cm³/mol. The molecule has 15 heavy (non-hydrogen) atoms. The molecule has 0 aliphatic carbocycles. The van der Waals surface area contributed by atoms with E-state index < -0.39 is 26.6 Å². The number of nitrogens with two attached hydrogens (primary N) is 1. The van der Waals surface area contributed by atoms with E-state index in [0.29, 0.717) is 0 Å². The third-order valence-corrected chi connectivity index (χ3v) is 2.87. The first-order valence-electron chi connectivity index (χ1n) is 3.67. The standard InChI is InChI=1S/C7H8N2O5S/c8-9-15(13,14)6-3-4(7(11)12)1-2-5(6)10/h1-3,9-10H,8H2,(H,11,12). The number of hydrogen-bond acceptors (Lipinski definition) is 5. The van der Waals surface area contributed by atoms with Gasteiger partial charge in [0.2, 0.25) is 0 Å². The molecule has 8 heteroatoms. The molecule has 0 fully saturated rings. The molecule has 5 N–H and O–H groups in total. The van der Waals surface area contributed by atoms with Gasteiger partial charge in [0.15, 0.2) is 0 Å². The van der Waals surface area contributed by atoms with E-state index in [-0.39, 0.29) is 5.56 Å². The Bertz CT molecular complexity index is 496. The van der Waals surface area contributed by atoms with Crippen LogP contribution in [0.4, 0.5) is 0 Å². The van der Waals surface area contributed by atoms with Gasteiger partial charge < -0.3 is 10.2 Å². The van der Waals surface area contributed by atoms with Crippen LogP contribution in [-0.2, 0) is 10.0 Å². The highest BCUT2D eigenvalue weighted by atomic mass is 32.2. The molecule has 0 radical (unpaired) electrons. The molecule has 0 aromatic heterocycles. The van der Waals surface area contributed by atoms with Crippen molar-refractivity contribution in [3.8, 4) is 5.75 Å². The second-order valence-electron chi connectivity index (χ2n) is 2.61. The van der Waals surface area contributed by atoms with Gasteiger partial charge in [-0.1, -0.05) is 0 Å². The molecule has 1 rings (SSSR count). The van der Waals surface area contributed by atoms with Gasteiger partial charge in [-0.2, -0.15) is 0 Å². The molecular formula is C7H8N2O5S. The Labute approximate surface area is 85.2 Å². The summed E-state index contributed by atoms with van der Waals surface area (Å²) in [6, 6.07) is 2.85. The monoisotopic (exact) mass is 232 g/mol. The van der Waals surface area contributed by atoms with Crippen LogP contribution in [0.5, 0.6) is 5.75 Å². The minimum absolute atomic E-state index is 0.262. The Morgan fingerprint density at radius 1 is 1.40 bits per heavy atom. The molecule has 0 saturated heterocycles. The van der Waals surface area contributed by atoms with Crippen molar-refractivity contribution >= 4 is 16.0 Å². The van der Waals surface area contributed by atoms with Gasteiger partial charge in [-0.25, -0.2) is 13.2 Å². The van der Waals surface area contributed by atoms with Crippen molar-refractivity contribution in [2.75, 3.05) is 0 Å². The SMILES string of the molecule is NNS(=O)(=O)c1cc(C(=O)O)ccc1O. The average molecular weight is 232 g/mol. The van der Waals surface area contributed by atoms with Crippen LogP contribution in [0.3, 0.4) is 0 Å². The third kappa shape index (κ3) is 2.24. The summed E-state index contributed by atoms with van der Waals surface area (Å²) in [5.74, 6) is 2.86. The summed E-state index contributed by atoms with van der Waals surface area (Å²) >= 11 is 0. The minimum Gasteiger partial charge on any atom is -0.507 e. The fourth-order valence-electron chi connectivity index (χ4n) is 0.926. The van der Waals surface area contributed by atoms with Gasteiger partial charge in [0.1, 0.15) is 10.6 Å². The highest BCUT2D eigenvalue weighted by Gasteiger charge is 2.19. The molecule has 0 bridgehead atoms. The molecule has 0 aliphatic heterocycles. The number of benzene rings is 1. The molecule has 7 nitrogen and oxygen atoms in total. The molecule has 82 valence electrons. The number of rotatable bonds is 3. The van der Waals surface area contributed by atoms with Crippen LogP contribution < -0.4 is 10.7 Å². The minimum atomic E-state index is -4.07. The molecule has 1 aromatic carbocycles. The Morgan fingerprint density at radius 3 is 2.47 bits per heavy atom. The Hall–Kier alpha value is -1.64.